The summed E-state index contributed by atoms with van der Waals surface area (Å²) in [4.78, 5) is 50.2. The van der Waals surface area contributed by atoms with Crippen LogP contribution in [0.2, 0.25) is 0 Å². The Bertz CT molecular complexity index is 1990. The normalized spacial score (nSPS) is 30.7. The summed E-state index contributed by atoms with van der Waals surface area (Å²) < 4.78 is 23.4. The van der Waals surface area contributed by atoms with Gasteiger partial charge >= 0.3 is 11.8 Å². The fourth-order valence-electron chi connectivity index (χ4n) is 7.15. The Kier molecular flexibility index (Phi) is 14.0. The number of carbonyl (C=O) groups excluding carboxylic acids is 3. The van der Waals surface area contributed by atoms with Gasteiger partial charge in [-0.15, -0.1) is 5.10 Å². The van der Waals surface area contributed by atoms with Gasteiger partial charge in [0.05, 0.1) is 67.2 Å². The van der Waals surface area contributed by atoms with Crippen molar-refractivity contribution in [3.8, 4) is 23.0 Å². The van der Waals surface area contributed by atoms with Gasteiger partial charge in [-0.3, -0.25) is 14.4 Å². The second-order valence-corrected chi connectivity index (χ2v) is 14.5. The van der Waals surface area contributed by atoms with Crippen LogP contribution < -0.4 is 10.1 Å². The van der Waals surface area contributed by atoms with Gasteiger partial charge in [0.15, 0.2) is 5.75 Å². The molecule has 2 aromatic rings. The average Bonchev–Trinajstić information content (AvgIpc) is 3.44. The van der Waals surface area contributed by atoms with E-state index in [1.165, 1.54) is 67.4 Å². The predicted octanol–water partition coefficient (Wildman–Crippen LogP) is 4.51. The van der Waals surface area contributed by atoms with E-state index in [9.17, 15) is 39.9 Å². The Labute approximate surface area is 330 Å². The molecule has 2 aromatic carbocycles. The number of anilines is 1. The predicted molar refractivity (Wildman–Crippen MR) is 207 cm³/mol. The summed E-state index contributed by atoms with van der Waals surface area (Å²) in [6, 6.07) is 0. The molecule has 0 unspecified atom stereocenters. The molecule has 57 heavy (non-hydrogen) atoms. The highest BCUT2D eigenvalue weighted by Crippen LogP contribution is 2.55. The second kappa shape index (κ2) is 17.9. The van der Waals surface area contributed by atoms with Crippen molar-refractivity contribution in [1.82, 2.24) is 5.34 Å². The molecule has 0 fully saturated rings. The third-order valence-corrected chi connectivity index (χ3v) is 10.6. The smallest absolute Gasteiger partial charge is 0.312 e. The number of benzene rings is 2. The molecular weight excluding hydrogens is 746 g/mol. The molecule has 0 radical (unpaired) electrons. The molecule has 3 aliphatic rings. The van der Waals surface area contributed by atoms with Gasteiger partial charge < -0.3 is 49.8 Å². The molecule has 1 amide bonds. The number of esters is 1. The number of ketones is 1. The molecular formula is C40H53N3O14. The van der Waals surface area contributed by atoms with Crippen LogP contribution in [-0.2, 0) is 33.5 Å². The number of aliphatic hydroxyl groups excluding tert-OH is 2. The standard InChI is InChI=1S/C40H53N3O14/c1-18-13-12-14-19(2)39(51)42-30-25(17-41-43(53-10)54-11)34(48)27-28(35(30)49)33(47)23(6)37-29(27)38(50)40(8,57-37)55-16-15-26(52-9)20(3)36(56-24(7)44)22(5)32(46)21(4)31(18)45/h12-18,20-22,26,31-32,36,45-49H,1-11H3,(H,42,51)/b13-12+,16-15+,19-14-,41-17+/t18-,20-,21-,22-,26+,31+,32-,36-,40+/m1/s1. The number of nitrogens with zero attached hydrogens (tertiary/aromatic N) is 2. The first-order chi connectivity index (χ1) is 26.8. The number of ether oxygens (including phenoxy) is 4. The summed E-state index contributed by atoms with van der Waals surface area (Å²) in [6.07, 6.45) is 4.32. The number of allylic oxidation sites excluding steroid dienone is 2. The number of fused-ring (bicyclic) bond motifs is 14. The van der Waals surface area contributed by atoms with Crippen molar-refractivity contribution < 1.29 is 68.5 Å². The summed E-state index contributed by atoms with van der Waals surface area (Å²) >= 11 is 0. The SMILES string of the molecule is CO[C@H]1/C=C/O[C@@]2(C)Oc3c(C)c(O)c4c(O)c(c(/C=N/N(OC)OC)c(O)c4c3C2=O)NC(=O)/C(C)=C\C=C\[C@@H](C)[C@H](O)[C@@H](C)[C@@H](O)[C@@H](C)[C@H](OC(C)=O)[C@@H]1C. The number of amides is 1. The van der Waals surface area contributed by atoms with Crippen LogP contribution >= 0.6 is 0 Å². The number of rotatable bonds is 6. The van der Waals surface area contributed by atoms with E-state index >= 15 is 0 Å². The molecule has 17 heteroatoms. The zero-order valence-electron chi connectivity index (χ0n) is 33.9. The summed E-state index contributed by atoms with van der Waals surface area (Å²) in [7, 11) is 3.90. The molecule has 5 rings (SSSR count). The van der Waals surface area contributed by atoms with Crippen LogP contribution in [0.5, 0.6) is 23.0 Å². The number of aliphatic hydroxyl groups is 2. The minimum absolute atomic E-state index is 0.0120. The fraction of sp³-hybridized carbons (Fsp3) is 0.500. The molecule has 3 heterocycles. The number of hydrogen-bond donors (Lipinski definition) is 6. The van der Waals surface area contributed by atoms with Crippen molar-refractivity contribution in [2.75, 3.05) is 26.6 Å². The number of hydrazone groups is 1. The highest BCUT2D eigenvalue weighted by Gasteiger charge is 2.50. The third-order valence-electron chi connectivity index (χ3n) is 10.6. The van der Waals surface area contributed by atoms with Gasteiger partial charge in [-0.2, -0.15) is 0 Å². The van der Waals surface area contributed by atoms with E-state index in [1.807, 2.05) is 0 Å². The summed E-state index contributed by atoms with van der Waals surface area (Å²) in [5, 5.41) is 64.4. The molecule has 0 saturated carbocycles. The lowest BCUT2D eigenvalue weighted by molar-refractivity contribution is -0.343. The van der Waals surface area contributed by atoms with E-state index in [4.69, 9.17) is 28.6 Å². The molecule has 0 aromatic heterocycles. The van der Waals surface area contributed by atoms with Crippen molar-refractivity contribution in [3.05, 3.63) is 52.8 Å². The minimum atomic E-state index is -2.08. The fourth-order valence-corrected chi connectivity index (χ4v) is 7.15. The van der Waals surface area contributed by atoms with E-state index in [1.54, 1.807) is 39.8 Å². The maximum Gasteiger partial charge on any atom is 0.312 e. The van der Waals surface area contributed by atoms with Crippen LogP contribution in [0.25, 0.3) is 10.8 Å². The molecule has 0 aliphatic carbocycles. The van der Waals surface area contributed by atoms with E-state index in [0.29, 0.717) is 5.34 Å². The Morgan fingerprint density at radius 1 is 0.930 bits per heavy atom. The zero-order chi connectivity index (χ0) is 42.7. The van der Waals surface area contributed by atoms with Crippen molar-refractivity contribution in [2.24, 2.45) is 28.8 Å². The number of methoxy groups -OCH3 is 1. The number of Topliss-reactive ketones (excluding diaryl/α,β-unsaturated/α-hetero) is 1. The summed E-state index contributed by atoms with van der Waals surface area (Å²) in [5.41, 5.74) is -0.815. The zero-order valence-corrected chi connectivity index (χ0v) is 33.9. The number of nitrogens with one attached hydrogen (secondary N) is 1. The molecule has 0 spiro atoms. The Hall–Kier alpha value is -5.20. The lowest BCUT2D eigenvalue weighted by Crippen LogP contribution is -2.46. The molecule has 17 nitrogen and oxygen atoms in total. The van der Waals surface area contributed by atoms with Gasteiger partial charge in [0.25, 0.3) is 11.7 Å². The van der Waals surface area contributed by atoms with Crippen molar-refractivity contribution in [2.45, 2.75) is 85.6 Å². The van der Waals surface area contributed by atoms with Crippen molar-refractivity contribution in [1.29, 1.82) is 0 Å². The quantitative estimate of drug-likeness (QED) is 0.0775. The van der Waals surface area contributed by atoms with Gasteiger partial charge in [0.2, 0.25) is 0 Å². The van der Waals surface area contributed by atoms with Crippen molar-refractivity contribution in [3.63, 3.8) is 0 Å². The first-order valence-corrected chi connectivity index (χ1v) is 18.3. The van der Waals surface area contributed by atoms with E-state index in [-0.39, 0.29) is 44.5 Å². The highest BCUT2D eigenvalue weighted by atomic mass is 17.0. The first kappa shape index (κ1) is 44.5. The van der Waals surface area contributed by atoms with Gasteiger partial charge in [0.1, 0.15) is 23.4 Å². The maximum atomic E-state index is 14.3. The minimum Gasteiger partial charge on any atom is -0.507 e. The Balaban J connectivity index is 1.99. The topological polar surface area (TPSA) is 235 Å². The number of carbonyl (C=O) groups is 3. The Morgan fingerprint density at radius 2 is 1.58 bits per heavy atom. The Morgan fingerprint density at radius 3 is 2.18 bits per heavy atom. The molecule has 5 bridgehead atoms. The molecule has 6 N–H and O–H groups in total. The first-order valence-electron chi connectivity index (χ1n) is 18.3. The number of phenols is 3. The van der Waals surface area contributed by atoms with Crippen LogP contribution in [0.1, 0.15) is 70.0 Å². The largest absolute Gasteiger partial charge is 0.507 e. The highest BCUT2D eigenvalue weighted by molar-refractivity contribution is 6.23. The summed E-state index contributed by atoms with van der Waals surface area (Å²) in [5.74, 6) is -8.91. The van der Waals surface area contributed by atoms with E-state index in [0.717, 1.165) is 6.21 Å². The van der Waals surface area contributed by atoms with Gasteiger partial charge in [0, 0.05) is 61.2 Å². The maximum absolute atomic E-state index is 14.3. The van der Waals surface area contributed by atoms with Crippen LogP contribution in [0, 0.1) is 30.6 Å². The second-order valence-electron chi connectivity index (χ2n) is 14.5. The van der Waals surface area contributed by atoms with Gasteiger partial charge in [-0.25, -0.2) is 9.68 Å². The molecule has 0 saturated heterocycles. The van der Waals surface area contributed by atoms with Crippen molar-refractivity contribution >= 4 is 40.3 Å². The average molecular weight is 800 g/mol. The number of phenolic OH excluding ortho intramolecular Hbond substituents is 3. The molecule has 312 valence electrons. The van der Waals surface area contributed by atoms with Gasteiger partial charge in [-0.1, -0.05) is 45.9 Å². The van der Waals surface area contributed by atoms with Gasteiger partial charge in [-0.05, 0) is 25.3 Å². The molecule has 3 aliphatic heterocycles. The van der Waals surface area contributed by atoms with Crippen LogP contribution in [0.4, 0.5) is 5.69 Å². The van der Waals surface area contributed by atoms with Crippen LogP contribution in [-0.4, -0.2) is 106 Å². The third kappa shape index (κ3) is 8.72. The number of aromatic hydroxyl groups is 3. The summed E-state index contributed by atoms with van der Waals surface area (Å²) in [6.45, 7) is 12.3. The van der Waals surface area contributed by atoms with Crippen LogP contribution in [0.3, 0.4) is 0 Å². The number of hydrogen-bond acceptors (Lipinski definition) is 16. The molecule has 9 atom stereocenters. The lowest BCUT2D eigenvalue weighted by Gasteiger charge is -2.38. The van der Waals surface area contributed by atoms with Crippen LogP contribution in [0.15, 0.2) is 41.2 Å². The monoisotopic (exact) mass is 799 g/mol. The van der Waals surface area contributed by atoms with E-state index < -0.39 is 88.8 Å². The lowest BCUT2D eigenvalue weighted by atomic mass is 9.78. The van der Waals surface area contributed by atoms with E-state index in [2.05, 4.69) is 10.4 Å².